The number of hydrogen-bond acceptors (Lipinski definition) is 7. The molecule has 0 N–H and O–H groups in total. The zero-order chi connectivity index (χ0) is 20.5. The maximum Gasteiger partial charge on any atom is 0.416 e. The fourth-order valence-corrected chi connectivity index (χ4v) is 3.20. The van der Waals surface area contributed by atoms with Crippen molar-refractivity contribution < 1.29 is 22.6 Å². The number of aromatic nitrogens is 2. The summed E-state index contributed by atoms with van der Waals surface area (Å²) in [5.74, 6) is 1.13. The summed E-state index contributed by atoms with van der Waals surface area (Å²) in [4.78, 5) is 18.7. The first kappa shape index (κ1) is 20.1. The highest BCUT2D eigenvalue weighted by atomic mass is 19.4. The van der Waals surface area contributed by atoms with Crippen molar-refractivity contribution in [1.29, 1.82) is 0 Å². The first-order valence-corrected chi connectivity index (χ1v) is 8.87. The lowest BCUT2D eigenvalue weighted by molar-refractivity contribution is -0.384. The molecule has 1 unspecified atom stereocenters. The molecule has 28 heavy (non-hydrogen) atoms. The third-order valence-electron chi connectivity index (χ3n) is 4.86. The summed E-state index contributed by atoms with van der Waals surface area (Å²) in [6, 6.07) is 2.53. The Morgan fingerprint density at radius 2 is 1.96 bits per heavy atom. The number of nitrogens with zero attached hydrogens (tertiary/aromatic N) is 5. The molecule has 2 aromatic rings. The highest BCUT2D eigenvalue weighted by Gasteiger charge is 2.34. The number of benzene rings is 1. The van der Waals surface area contributed by atoms with E-state index in [1.807, 2.05) is 13.8 Å². The van der Waals surface area contributed by atoms with Crippen LogP contribution in [0, 0.1) is 10.1 Å². The van der Waals surface area contributed by atoms with Crippen LogP contribution < -0.4 is 4.90 Å². The summed E-state index contributed by atoms with van der Waals surface area (Å²) in [7, 11) is 0. The molecular weight excluding hydrogens is 379 g/mol. The number of piperazine rings is 1. The van der Waals surface area contributed by atoms with Gasteiger partial charge in [-0.25, -0.2) is 0 Å². The van der Waals surface area contributed by atoms with Gasteiger partial charge >= 0.3 is 6.18 Å². The Morgan fingerprint density at radius 3 is 2.50 bits per heavy atom. The van der Waals surface area contributed by atoms with Gasteiger partial charge in [-0.2, -0.15) is 18.2 Å². The van der Waals surface area contributed by atoms with Crippen molar-refractivity contribution in [2.24, 2.45) is 0 Å². The van der Waals surface area contributed by atoms with Crippen LogP contribution in [0.2, 0.25) is 0 Å². The molecule has 11 heteroatoms. The molecule has 0 radical (unpaired) electrons. The average Bonchev–Trinajstić information content (AvgIpc) is 3.15. The summed E-state index contributed by atoms with van der Waals surface area (Å²) in [5.41, 5.74) is -1.38. The standard InChI is InChI=1S/C17H20F3N5O3/c1-3-15-21-16(28-22-15)11(2)23-6-8-24(9-7-23)13-5-4-12(17(18,19)20)10-14(13)25(26)27/h4-5,10-11H,3,6-9H2,1-2H3. The van der Waals surface area contributed by atoms with E-state index in [4.69, 9.17) is 4.52 Å². The Morgan fingerprint density at radius 1 is 1.29 bits per heavy atom. The van der Waals surface area contributed by atoms with Crippen molar-refractivity contribution in [2.45, 2.75) is 32.5 Å². The van der Waals surface area contributed by atoms with Crippen molar-refractivity contribution in [3.8, 4) is 0 Å². The second-order valence-electron chi connectivity index (χ2n) is 6.56. The first-order chi connectivity index (χ1) is 13.2. The van der Waals surface area contributed by atoms with E-state index >= 15 is 0 Å². The quantitative estimate of drug-likeness (QED) is 0.562. The topological polar surface area (TPSA) is 88.5 Å². The zero-order valence-electron chi connectivity index (χ0n) is 15.4. The van der Waals surface area contributed by atoms with Crippen LogP contribution in [0.3, 0.4) is 0 Å². The van der Waals surface area contributed by atoms with E-state index in [0.29, 0.717) is 50.4 Å². The van der Waals surface area contributed by atoms with Gasteiger partial charge in [0.15, 0.2) is 5.82 Å². The number of nitro groups is 1. The van der Waals surface area contributed by atoms with Gasteiger partial charge < -0.3 is 9.42 Å². The second-order valence-corrected chi connectivity index (χ2v) is 6.56. The van der Waals surface area contributed by atoms with Crippen molar-refractivity contribution in [2.75, 3.05) is 31.1 Å². The molecule has 1 atom stereocenters. The summed E-state index contributed by atoms with van der Waals surface area (Å²) in [6.45, 7) is 5.85. The Bertz CT molecular complexity index is 847. The molecule has 1 fully saturated rings. The number of alkyl halides is 3. The smallest absolute Gasteiger partial charge is 0.363 e. The Hall–Kier alpha value is -2.69. The van der Waals surface area contributed by atoms with Crippen LogP contribution in [0.15, 0.2) is 22.7 Å². The minimum atomic E-state index is -4.63. The number of aryl methyl sites for hydroxylation is 1. The van der Waals surface area contributed by atoms with Crippen LogP contribution in [-0.2, 0) is 12.6 Å². The van der Waals surface area contributed by atoms with Gasteiger partial charge in [0.25, 0.3) is 5.69 Å². The molecule has 1 aliphatic rings. The highest BCUT2D eigenvalue weighted by molar-refractivity contribution is 5.65. The fraction of sp³-hybridized carbons (Fsp3) is 0.529. The van der Waals surface area contributed by atoms with E-state index in [0.717, 1.165) is 6.07 Å². The molecule has 0 saturated carbocycles. The molecule has 0 bridgehead atoms. The molecule has 1 saturated heterocycles. The summed E-state index contributed by atoms with van der Waals surface area (Å²) < 4.78 is 43.9. The van der Waals surface area contributed by atoms with E-state index in [1.54, 1.807) is 4.90 Å². The van der Waals surface area contributed by atoms with Crippen molar-refractivity contribution >= 4 is 11.4 Å². The van der Waals surface area contributed by atoms with Crippen LogP contribution in [0.1, 0.15) is 37.2 Å². The molecule has 3 rings (SSSR count). The van der Waals surface area contributed by atoms with Gasteiger partial charge in [0.05, 0.1) is 16.5 Å². The Labute approximate surface area is 159 Å². The molecule has 0 amide bonds. The third kappa shape index (κ3) is 4.08. The molecule has 0 spiro atoms. The molecular formula is C17H20F3N5O3. The number of rotatable bonds is 5. The van der Waals surface area contributed by atoms with Gasteiger partial charge in [-0.1, -0.05) is 12.1 Å². The van der Waals surface area contributed by atoms with Crippen LogP contribution in [0.5, 0.6) is 0 Å². The number of anilines is 1. The predicted molar refractivity (Wildman–Crippen MR) is 94.0 cm³/mol. The van der Waals surface area contributed by atoms with Crippen LogP contribution in [-0.4, -0.2) is 46.1 Å². The lowest BCUT2D eigenvalue weighted by atomic mass is 10.1. The van der Waals surface area contributed by atoms with E-state index in [9.17, 15) is 23.3 Å². The number of nitro benzene ring substituents is 1. The van der Waals surface area contributed by atoms with Gasteiger partial charge in [-0.05, 0) is 19.1 Å². The van der Waals surface area contributed by atoms with Gasteiger partial charge in [-0.3, -0.25) is 15.0 Å². The van der Waals surface area contributed by atoms with Gasteiger partial charge in [0.1, 0.15) is 5.69 Å². The molecule has 2 heterocycles. The van der Waals surface area contributed by atoms with Crippen LogP contribution in [0.4, 0.5) is 24.5 Å². The summed E-state index contributed by atoms with van der Waals surface area (Å²) >= 11 is 0. The average molecular weight is 399 g/mol. The highest BCUT2D eigenvalue weighted by Crippen LogP contribution is 2.37. The van der Waals surface area contributed by atoms with Gasteiger partial charge in [0, 0.05) is 38.7 Å². The summed E-state index contributed by atoms with van der Waals surface area (Å²) in [5, 5.41) is 15.2. The molecule has 1 aromatic heterocycles. The van der Waals surface area contributed by atoms with E-state index in [2.05, 4.69) is 15.0 Å². The fourth-order valence-electron chi connectivity index (χ4n) is 3.20. The molecule has 1 aromatic carbocycles. The van der Waals surface area contributed by atoms with Gasteiger partial charge in [-0.15, -0.1) is 0 Å². The van der Waals surface area contributed by atoms with Crippen molar-refractivity contribution in [3.05, 3.63) is 45.6 Å². The van der Waals surface area contributed by atoms with Gasteiger partial charge in [0.2, 0.25) is 5.89 Å². The second kappa shape index (κ2) is 7.74. The van der Waals surface area contributed by atoms with E-state index in [-0.39, 0.29) is 11.7 Å². The Balaban J connectivity index is 1.73. The normalized spacial score (nSPS) is 17.0. The molecule has 8 nitrogen and oxygen atoms in total. The van der Waals surface area contributed by atoms with Crippen LogP contribution in [0.25, 0.3) is 0 Å². The minimum Gasteiger partial charge on any atom is -0.363 e. The van der Waals surface area contributed by atoms with E-state index < -0.39 is 22.4 Å². The number of halogens is 3. The van der Waals surface area contributed by atoms with Crippen LogP contribution >= 0.6 is 0 Å². The number of hydrogen-bond donors (Lipinski definition) is 0. The van der Waals surface area contributed by atoms with E-state index in [1.165, 1.54) is 6.07 Å². The Kier molecular flexibility index (Phi) is 5.54. The van der Waals surface area contributed by atoms with Crippen molar-refractivity contribution in [1.82, 2.24) is 15.0 Å². The minimum absolute atomic E-state index is 0.113. The molecule has 152 valence electrons. The SMILES string of the molecule is CCc1noc(C(C)N2CCN(c3ccc(C(F)(F)F)cc3[N+](=O)[O-])CC2)n1. The monoisotopic (exact) mass is 399 g/mol. The first-order valence-electron chi connectivity index (χ1n) is 8.87. The lowest BCUT2D eigenvalue weighted by Gasteiger charge is -2.37. The predicted octanol–water partition coefficient (Wildman–Crippen LogP) is 3.44. The third-order valence-corrected chi connectivity index (χ3v) is 4.86. The lowest BCUT2D eigenvalue weighted by Crippen LogP contribution is -2.47. The molecule has 0 aliphatic carbocycles. The maximum absolute atomic E-state index is 12.9. The largest absolute Gasteiger partial charge is 0.416 e. The molecule has 1 aliphatic heterocycles. The zero-order valence-corrected chi connectivity index (χ0v) is 15.4. The maximum atomic E-state index is 12.9. The summed E-state index contributed by atoms with van der Waals surface area (Å²) in [6.07, 6.45) is -3.96. The van der Waals surface area contributed by atoms with Crippen molar-refractivity contribution in [3.63, 3.8) is 0 Å².